The monoisotopic (exact) mass is 404 g/mol. The van der Waals surface area contributed by atoms with E-state index in [1.807, 2.05) is 30.3 Å². The van der Waals surface area contributed by atoms with Gasteiger partial charge in [-0.3, -0.25) is 19.3 Å². The number of nitrogens with one attached hydrogen (secondary N) is 1. The van der Waals surface area contributed by atoms with E-state index in [0.717, 1.165) is 15.8 Å². The van der Waals surface area contributed by atoms with Crippen LogP contribution in [0.2, 0.25) is 0 Å². The van der Waals surface area contributed by atoms with Gasteiger partial charge in [-0.05, 0) is 40.6 Å². The first-order valence-electron chi connectivity index (χ1n) is 9.42. The predicted molar refractivity (Wildman–Crippen MR) is 115 cm³/mol. The molecule has 1 aliphatic heterocycles. The van der Waals surface area contributed by atoms with E-state index in [2.05, 4.69) is 29.6 Å². The zero-order valence-corrected chi connectivity index (χ0v) is 16.6. The minimum absolute atomic E-state index is 0.0826. The number of thioether (sulfide) groups is 1. The van der Waals surface area contributed by atoms with Crippen LogP contribution in [-0.2, 0) is 20.9 Å². The van der Waals surface area contributed by atoms with Crippen LogP contribution in [0.3, 0.4) is 0 Å². The molecule has 0 spiro atoms. The molecular formula is C23H20N2O3S. The number of hydrogen-bond acceptors (Lipinski definition) is 4. The summed E-state index contributed by atoms with van der Waals surface area (Å²) in [7, 11) is 0. The van der Waals surface area contributed by atoms with Gasteiger partial charge in [0.1, 0.15) is 0 Å². The van der Waals surface area contributed by atoms with E-state index in [1.54, 1.807) is 12.1 Å². The van der Waals surface area contributed by atoms with Crippen LogP contribution >= 0.6 is 11.8 Å². The largest absolute Gasteiger partial charge is 0.325 e. The molecule has 0 atom stereocenters. The van der Waals surface area contributed by atoms with E-state index in [4.69, 9.17) is 0 Å². The van der Waals surface area contributed by atoms with E-state index < -0.39 is 0 Å². The van der Waals surface area contributed by atoms with Gasteiger partial charge in [-0.1, -0.05) is 42.5 Å². The summed E-state index contributed by atoms with van der Waals surface area (Å²) >= 11 is 1.49. The van der Waals surface area contributed by atoms with Crippen LogP contribution in [0.1, 0.15) is 18.4 Å². The molecule has 1 fully saturated rings. The molecule has 1 saturated heterocycles. The second-order valence-electron chi connectivity index (χ2n) is 6.92. The Labute approximate surface area is 173 Å². The quantitative estimate of drug-likeness (QED) is 0.493. The number of anilines is 1. The fourth-order valence-electron chi connectivity index (χ4n) is 3.28. The summed E-state index contributed by atoms with van der Waals surface area (Å²) < 4.78 is 0. The minimum atomic E-state index is -0.127. The van der Waals surface area contributed by atoms with Crippen molar-refractivity contribution in [2.75, 3.05) is 11.1 Å². The van der Waals surface area contributed by atoms with E-state index >= 15 is 0 Å². The number of hydrogen-bond donors (Lipinski definition) is 1. The van der Waals surface area contributed by atoms with Gasteiger partial charge < -0.3 is 5.32 Å². The predicted octanol–water partition coefficient (Wildman–Crippen LogP) is 4.22. The molecule has 1 aliphatic rings. The number of rotatable bonds is 6. The molecule has 0 unspecified atom stereocenters. The number of amides is 3. The Morgan fingerprint density at radius 2 is 1.59 bits per heavy atom. The molecule has 3 aromatic rings. The van der Waals surface area contributed by atoms with Crippen molar-refractivity contribution >= 4 is 45.9 Å². The number of likely N-dealkylation sites (tertiary alicyclic amines) is 1. The van der Waals surface area contributed by atoms with Crippen LogP contribution in [0.25, 0.3) is 10.8 Å². The zero-order valence-electron chi connectivity index (χ0n) is 15.8. The molecule has 3 aromatic carbocycles. The highest BCUT2D eigenvalue weighted by atomic mass is 32.2. The number of carbonyl (C=O) groups excluding carboxylic acids is 3. The molecule has 6 heteroatoms. The van der Waals surface area contributed by atoms with E-state index in [9.17, 15) is 14.4 Å². The number of benzene rings is 3. The highest BCUT2D eigenvalue weighted by molar-refractivity contribution is 8.00. The molecule has 5 nitrogen and oxygen atoms in total. The molecule has 0 radical (unpaired) electrons. The third-order valence-corrected chi connectivity index (χ3v) is 5.82. The summed E-state index contributed by atoms with van der Waals surface area (Å²) in [6.45, 7) is 0.281. The van der Waals surface area contributed by atoms with Gasteiger partial charge in [-0.15, -0.1) is 11.8 Å². The molecule has 0 saturated carbocycles. The summed E-state index contributed by atoms with van der Waals surface area (Å²) in [5.41, 5.74) is 1.55. The second kappa shape index (κ2) is 8.49. The Hall–Kier alpha value is -3.12. The van der Waals surface area contributed by atoms with Crippen LogP contribution in [0.4, 0.5) is 5.69 Å². The first-order chi connectivity index (χ1) is 14.1. The van der Waals surface area contributed by atoms with Crippen molar-refractivity contribution in [2.24, 2.45) is 0 Å². The lowest BCUT2D eigenvalue weighted by atomic mass is 10.1. The first-order valence-corrected chi connectivity index (χ1v) is 10.4. The van der Waals surface area contributed by atoms with Crippen molar-refractivity contribution in [3.63, 3.8) is 0 Å². The number of imide groups is 1. The molecule has 1 N–H and O–H groups in total. The molecule has 146 valence electrons. The lowest BCUT2D eigenvalue weighted by molar-refractivity contribution is -0.139. The van der Waals surface area contributed by atoms with Crippen molar-refractivity contribution in [3.8, 4) is 0 Å². The van der Waals surface area contributed by atoms with E-state index in [1.165, 1.54) is 22.0 Å². The van der Waals surface area contributed by atoms with E-state index in [0.29, 0.717) is 24.3 Å². The normalized spacial score (nSPS) is 13.9. The molecule has 3 amide bonds. The molecule has 0 aromatic heterocycles. The molecule has 0 bridgehead atoms. The third kappa shape index (κ3) is 4.66. The van der Waals surface area contributed by atoms with Gasteiger partial charge in [0.2, 0.25) is 17.7 Å². The summed E-state index contributed by atoms with van der Waals surface area (Å²) in [6, 6.07) is 21.5. The van der Waals surface area contributed by atoms with Gasteiger partial charge in [0.05, 0.1) is 12.3 Å². The Bertz CT molecular complexity index is 1060. The fourth-order valence-corrected chi connectivity index (χ4v) is 4.02. The fraction of sp³-hybridized carbons (Fsp3) is 0.174. The number of nitrogens with zero attached hydrogens (tertiary/aromatic N) is 1. The molecular weight excluding hydrogens is 384 g/mol. The minimum Gasteiger partial charge on any atom is -0.325 e. The highest BCUT2D eigenvalue weighted by Gasteiger charge is 2.28. The van der Waals surface area contributed by atoms with Crippen LogP contribution < -0.4 is 5.32 Å². The van der Waals surface area contributed by atoms with Gasteiger partial charge in [-0.2, -0.15) is 0 Å². The second-order valence-corrected chi connectivity index (χ2v) is 7.97. The number of fused-ring (bicyclic) bond motifs is 1. The molecule has 4 rings (SSSR count). The maximum absolute atomic E-state index is 12.3. The van der Waals surface area contributed by atoms with Crippen LogP contribution in [0, 0.1) is 0 Å². The lowest BCUT2D eigenvalue weighted by Crippen LogP contribution is -2.28. The van der Waals surface area contributed by atoms with Crippen molar-refractivity contribution < 1.29 is 14.4 Å². The summed E-state index contributed by atoms with van der Waals surface area (Å²) in [5.74, 6) is -0.0198. The van der Waals surface area contributed by atoms with Gasteiger partial charge in [0.25, 0.3) is 0 Å². The van der Waals surface area contributed by atoms with Crippen molar-refractivity contribution in [1.29, 1.82) is 0 Å². The Morgan fingerprint density at radius 3 is 2.31 bits per heavy atom. The Morgan fingerprint density at radius 1 is 0.897 bits per heavy atom. The maximum atomic E-state index is 12.3. The van der Waals surface area contributed by atoms with Crippen molar-refractivity contribution in [3.05, 3.63) is 72.3 Å². The van der Waals surface area contributed by atoms with Crippen molar-refractivity contribution in [1.82, 2.24) is 4.90 Å². The Balaban J connectivity index is 1.31. The van der Waals surface area contributed by atoms with Crippen LogP contribution in [0.5, 0.6) is 0 Å². The summed E-state index contributed by atoms with van der Waals surface area (Å²) in [5, 5.41) is 5.22. The Kier molecular flexibility index (Phi) is 5.62. The SMILES string of the molecule is O=C(CSc1ccc2ccccc2c1)Nc1ccc(CN2C(=O)CCC2=O)cc1. The van der Waals surface area contributed by atoms with Gasteiger partial charge in [-0.25, -0.2) is 0 Å². The van der Waals surface area contributed by atoms with Crippen molar-refractivity contribution in [2.45, 2.75) is 24.3 Å². The maximum Gasteiger partial charge on any atom is 0.234 e. The van der Waals surface area contributed by atoms with Gasteiger partial charge in [0, 0.05) is 23.4 Å². The van der Waals surface area contributed by atoms with Gasteiger partial charge in [0.15, 0.2) is 0 Å². The zero-order chi connectivity index (χ0) is 20.2. The summed E-state index contributed by atoms with van der Waals surface area (Å²) in [4.78, 5) is 38.0. The topological polar surface area (TPSA) is 66.5 Å². The molecule has 1 heterocycles. The van der Waals surface area contributed by atoms with E-state index in [-0.39, 0.29) is 24.3 Å². The third-order valence-electron chi connectivity index (χ3n) is 4.82. The average Bonchev–Trinajstić information content (AvgIpc) is 3.05. The smallest absolute Gasteiger partial charge is 0.234 e. The molecule has 29 heavy (non-hydrogen) atoms. The van der Waals surface area contributed by atoms with Crippen LogP contribution in [-0.4, -0.2) is 28.4 Å². The molecule has 0 aliphatic carbocycles. The van der Waals surface area contributed by atoms with Crippen LogP contribution in [0.15, 0.2) is 71.6 Å². The number of carbonyl (C=O) groups is 3. The lowest BCUT2D eigenvalue weighted by Gasteiger charge is -2.14. The van der Waals surface area contributed by atoms with Gasteiger partial charge >= 0.3 is 0 Å². The first kappa shape index (κ1) is 19.2. The summed E-state index contributed by atoms with van der Waals surface area (Å²) in [6.07, 6.45) is 0.587. The highest BCUT2D eigenvalue weighted by Crippen LogP contribution is 2.24. The standard InChI is InChI=1S/C23H20N2O3S/c26-21(15-29-20-10-7-17-3-1-2-4-18(17)13-20)24-19-8-5-16(6-9-19)14-25-22(27)11-12-23(25)28/h1-10,13H,11-12,14-15H2,(H,24,26). The average molecular weight is 404 g/mol.